The Morgan fingerprint density at radius 2 is 1.66 bits per heavy atom. The van der Waals surface area contributed by atoms with Gasteiger partial charge in [-0.3, -0.25) is 9.59 Å². The zero-order valence-corrected chi connectivity index (χ0v) is 25.0. The van der Waals surface area contributed by atoms with Crippen LogP contribution in [0.1, 0.15) is 41.6 Å². The van der Waals surface area contributed by atoms with Gasteiger partial charge in [0.25, 0.3) is 0 Å². The topological polar surface area (TPSA) is 98.0 Å². The van der Waals surface area contributed by atoms with Crippen LogP contribution >= 0.6 is 11.6 Å². The molecule has 4 aromatic rings. The van der Waals surface area contributed by atoms with Gasteiger partial charge in [-0.05, 0) is 96.8 Å². The fourth-order valence-corrected chi connectivity index (χ4v) is 5.68. The van der Waals surface area contributed by atoms with Crippen molar-refractivity contribution >= 4 is 46.6 Å². The number of para-hydroxylation sites is 1. The Kier molecular flexibility index (Phi) is 9.40. The average Bonchev–Trinajstić information content (AvgIpc) is 3.69. The van der Waals surface area contributed by atoms with Gasteiger partial charge in [0.1, 0.15) is 37.1 Å². The van der Waals surface area contributed by atoms with E-state index < -0.39 is 23.2 Å². The van der Waals surface area contributed by atoms with E-state index in [0.29, 0.717) is 63.9 Å². The predicted octanol–water partition coefficient (Wildman–Crippen LogP) is 7.81. The molecule has 9 heteroatoms. The minimum atomic E-state index is -1.04. The van der Waals surface area contributed by atoms with Crippen molar-refractivity contribution in [2.75, 3.05) is 13.2 Å². The molecule has 0 aliphatic heterocycles. The number of ether oxygens (including phenoxy) is 2. The fraction of sp³-hybridized carbons (Fsp3) is 0.257. The number of carboxylic acids is 2. The summed E-state index contributed by atoms with van der Waals surface area (Å²) in [6.45, 7) is 2.19. The summed E-state index contributed by atoms with van der Waals surface area (Å²) in [5, 5.41) is 20.0. The maximum Gasteiger partial charge on any atom is 0.323 e. The number of nitrogens with zero attached hydrogens (tertiary/aromatic N) is 1. The Balaban J connectivity index is 1.29. The Morgan fingerprint density at radius 3 is 2.32 bits per heavy atom. The third kappa shape index (κ3) is 7.32. The van der Waals surface area contributed by atoms with Gasteiger partial charge in [-0.1, -0.05) is 48.0 Å². The standard InChI is InChI=1S/C35H33ClFNO6/c1-23-27(20-35(16-17-35)21-31(39)40)33-29(37)15-12-25(34(33)38(23)22-32(41)42)11-8-24-9-13-26(14-10-24)43-18-4-5-19-44-30-7-3-2-6-28(30)36/h2-15H,16-22H2,1H3,(H,39,40)(H,41,42)/b5-4+,11-8?. The van der Waals surface area contributed by atoms with E-state index in [-0.39, 0.29) is 13.0 Å². The molecule has 7 nitrogen and oxygen atoms in total. The highest BCUT2D eigenvalue weighted by atomic mass is 35.5. The summed E-state index contributed by atoms with van der Waals surface area (Å²) in [7, 11) is 0. The van der Waals surface area contributed by atoms with Gasteiger partial charge in [-0.15, -0.1) is 0 Å². The molecule has 0 saturated heterocycles. The molecule has 44 heavy (non-hydrogen) atoms. The molecule has 228 valence electrons. The molecule has 5 rings (SSSR count). The first-order chi connectivity index (χ1) is 21.2. The quantitative estimate of drug-likeness (QED) is 0.111. The second-order valence-corrected chi connectivity index (χ2v) is 11.5. The van der Waals surface area contributed by atoms with Crippen molar-refractivity contribution in [2.24, 2.45) is 5.41 Å². The summed E-state index contributed by atoms with van der Waals surface area (Å²) in [6, 6.07) is 17.8. The number of benzene rings is 3. The number of aliphatic carboxylic acids is 2. The molecule has 1 saturated carbocycles. The molecule has 0 unspecified atom stereocenters. The van der Waals surface area contributed by atoms with E-state index in [0.717, 1.165) is 18.4 Å². The molecule has 0 radical (unpaired) electrons. The van der Waals surface area contributed by atoms with Gasteiger partial charge < -0.3 is 24.3 Å². The van der Waals surface area contributed by atoms with Crippen molar-refractivity contribution in [1.82, 2.24) is 4.57 Å². The first-order valence-corrected chi connectivity index (χ1v) is 14.7. The zero-order valence-electron chi connectivity index (χ0n) is 24.3. The van der Waals surface area contributed by atoms with E-state index in [2.05, 4.69) is 0 Å². The highest BCUT2D eigenvalue weighted by Crippen LogP contribution is 2.53. The highest BCUT2D eigenvalue weighted by Gasteiger charge is 2.45. The number of carbonyl (C=O) groups is 2. The van der Waals surface area contributed by atoms with Crippen molar-refractivity contribution in [3.05, 3.63) is 106 Å². The van der Waals surface area contributed by atoms with E-state index in [4.69, 9.17) is 21.1 Å². The Hall–Kier alpha value is -4.56. The third-order valence-electron chi connectivity index (χ3n) is 7.92. The molecule has 1 aliphatic rings. The number of carboxylic acid groups (broad SMARTS) is 2. The van der Waals surface area contributed by atoms with Crippen LogP contribution in [-0.2, 0) is 22.6 Å². The lowest BCUT2D eigenvalue weighted by Crippen LogP contribution is -2.13. The van der Waals surface area contributed by atoms with Crippen LogP contribution in [-0.4, -0.2) is 39.9 Å². The lowest BCUT2D eigenvalue weighted by Gasteiger charge is -2.13. The fourth-order valence-electron chi connectivity index (χ4n) is 5.49. The second kappa shape index (κ2) is 13.4. The molecule has 0 atom stereocenters. The van der Waals surface area contributed by atoms with Crippen molar-refractivity contribution in [2.45, 2.75) is 39.2 Å². The summed E-state index contributed by atoms with van der Waals surface area (Å²) in [4.78, 5) is 23.3. The smallest absolute Gasteiger partial charge is 0.323 e. The highest BCUT2D eigenvalue weighted by molar-refractivity contribution is 6.32. The van der Waals surface area contributed by atoms with Gasteiger partial charge in [0, 0.05) is 11.1 Å². The van der Waals surface area contributed by atoms with E-state index in [9.17, 15) is 19.8 Å². The number of hydrogen-bond acceptors (Lipinski definition) is 4. The van der Waals surface area contributed by atoms with Crippen LogP contribution in [0.5, 0.6) is 11.5 Å². The van der Waals surface area contributed by atoms with E-state index >= 15 is 4.39 Å². The molecule has 2 N–H and O–H groups in total. The van der Waals surface area contributed by atoms with E-state index in [1.807, 2.05) is 60.7 Å². The molecular weight excluding hydrogens is 585 g/mol. The minimum absolute atomic E-state index is 0.00719. The Labute approximate surface area is 259 Å². The van der Waals surface area contributed by atoms with Gasteiger partial charge in [0.2, 0.25) is 0 Å². The van der Waals surface area contributed by atoms with Gasteiger partial charge in [0.05, 0.1) is 17.0 Å². The number of aromatic nitrogens is 1. The summed E-state index contributed by atoms with van der Waals surface area (Å²) in [5.41, 5.74) is 2.95. The normalized spacial score (nSPS) is 14.0. The maximum absolute atomic E-state index is 15.4. The third-order valence-corrected chi connectivity index (χ3v) is 8.23. The van der Waals surface area contributed by atoms with Gasteiger partial charge in [-0.2, -0.15) is 0 Å². The van der Waals surface area contributed by atoms with Crippen molar-refractivity contribution in [3.63, 3.8) is 0 Å². The first kappa shape index (κ1) is 30.9. The van der Waals surface area contributed by atoms with Crippen molar-refractivity contribution < 1.29 is 33.7 Å². The SMILES string of the molecule is Cc1c(CC2(CC(=O)O)CC2)c2c(F)ccc(C=Cc3ccc(OC/C=C/COc4ccccc4Cl)cc3)c2n1CC(=O)O. The summed E-state index contributed by atoms with van der Waals surface area (Å²) in [5.74, 6) is -1.06. The van der Waals surface area contributed by atoms with Crippen LogP contribution in [0.4, 0.5) is 4.39 Å². The molecule has 0 spiro atoms. The van der Waals surface area contributed by atoms with Gasteiger partial charge in [-0.25, -0.2) is 4.39 Å². The van der Waals surface area contributed by atoms with Crippen LogP contribution in [0.3, 0.4) is 0 Å². The van der Waals surface area contributed by atoms with Gasteiger partial charge >= 0.3 is 11.9 Å². The van der Waals surface area contributed by atoms with Crippen LogP contribution < -0.4 is 9.47 Å². The van der Waals surface area contributed by atoms with E-state index in [1.54, 1.807) is 29.7 Å². The van der Waals surface area contributed by atoms with Crippen molar-refractivity contribution in [3.8, 4) is 11.5 Å². The molecule has 1 heterocycles. The first-order valence-electron chi connectivity index (χ1n) is 14.3. The van der Waals surface area contributed by atoms with Crippen molar-refractivity contribution in [1.29, 1.82) is 0 Å². The molecule has 3 aromatic carbocycles. The van der Waals surface area contributed by atoms with Crippen LogP contribution in [0, 0.1) is 18.2 Å². The van der Waals surface area contributed by atoms with E-state index in [1.165, 1.54) is 6.07 Å². The Morgan fingerprint density at radius 1 is 0.955 bits per heavy atom. The monoisotopic (exact) mass is 617 g/mol. The molecule has 1 fully saturated rings. The Bertz CT molecular complexity index is 1740. The predicted molar refractivity (Wildman–Crippen MR) is 169 cm³/mol. The minimum Gasteiger partial charge on any atom is -0.490 e. The molecular formula is C35H33ClFNO6. The van der Waals surface area contributed by atoms with Crippen LogP contribution in [0.25, 0.3) is 23.1 Å². The zero-order chi connectivity index (χ0) is 31.3. The number of fused-ring (bicyclic) bond motifs is 1. The lowest BCUT2D eigenvalue weighted by atomic mass is 9.91. The molecule has 1 aliphatic carbocycles. The lowest BCUT2D eigenvalue weighted by molar-refractivity contribution is -0.139. The van der Waals surface area contributed by atoms with Crippen LogP contribution in [0.15, 0.2) is 72.8 Å². The number of hydrogen-bond donors (Lipinski definition) is 2. The molecule has 0 amide bonds. The molecule has 1 aromatic heterocycles. The van der Waals surface area contributed by atoms with Gasteiger partial charge in [0.15, 0.2) is 0 Å². The summed E-state index contributed by atoms with van der Waals surface area (Å²) >= 11 is 6.08. The van der Waals surface area contributed by atoms with Crippen LogP contribution in [0.2, 0.25) is 5.02 Å². The largest absolute Gasteiger partial charge is 0.490 e. The average molecular weight is 618 g/mol. The molecule has 0 bridgehead atoms. The maximum atomic E-state index is 15.4. The summed E-state index contributed by atoms with van der Waals surface area (Å²) in [6.07, 6.45) is 9.33. The summed E-state index contributed by atoms with van der Waals surface area (Å²) < 4.78 is 28.4. The second-order valence-electron chi connectivity index (χ2n) is 11.1. The number of halogens is 2. The number of rotatable bonds is 14.